The molecule has 0 fully saturated rings. The van der Waals surface area contributed by atoms with Crippen LogP contribution >= 0.6 is 11.6 Å². The number of nitrogens with one attached hydrogen (secondary N) is 1. The summed E-state index contributed by atoms with van der Waals surface area (Å²) in [6, 6.07) is 17.2. The van der Waals surface area contributed by atoms with Crippen molar-refractivity contribution in [3.63, 3.8) is 0 Å². The fraction of sp³-hybridized carbons (Fsp3) is 0.160. The van der Waals surface area contributed by atoms with E-state index >= 15 is 0 Å². The molecule has 0 atom stereocenters. The highest BCUT2D eigenvalue weighted by Crippen LogP contribution is 2.32. The van der Waals surface area contributed by atoms with Gasteiger partial charge in [0.05, 0.1) is 24.0 Å². The van der Waals surface area contributed by atoms with Gasteiger partial charge in [-0.2, -0.15) is 4.98 Å². The highest BCUT2D eigenvalue weighted by atomic mass is 35.5. The largest absolute Gasteiger partial charge is 0.497 e. The second-order valence-corrected chi connectivity index (χ2v) is 8.11. The molecule has 7 nitrogen and oxygen atoms in total. The van der Waals surface area contributed by atoms with Crippen LogP contribution in [0.25, 0.3) is 11.3 Å². The van der Waals surface area contributed by atoms with Crippen LogP contribution in [0.4, 0.5) is 5.82 Å². The maximum Gasteiger partial charge on any atom is 0.349 e. The summed E-state index contributed by atoms with van der Waals surface area (Å²) in [7, 11) is 1.65. The number of methoxy groups -OCH3 is 1. The fourth-order valence-electron chi connectivity index (χ4n) is 3.87. The van der Waals surface area contributed by atoms with E-state index in [0.717, 1.165) is 34.6 Å². The highest BCUT2D eigenvalue weighted by Gasteiger charge is 2.19. The zero-order chi connectivity index (χ0) is 22.8. The minimum atomic E-state index is -0.254. The van der Waals surface area contributed by atoms with Crippen LogP contribution in [0.2, 0.25) is 5.02 Å². The van der Waals surface area contributed by atoms with E-state index in [1.54, 1.807) is 30.1 Å². The summed E-state index contributed by atoms with van der Waals surface area (Å²) >= 11 is 5.95. The Kier molecular flexibility index (Phi) is 5.71. The van der Waals surface area contributed by atoms with Crippen molar-refractivity contribution in [1.82, 2.24) is 14.5 Å². The molecule has 0 spiro atoms. The number of aryl methyl sites for hydroxylation is 1. The lowest BCUT2D eigenvalue weighted by Crippen LogP contribution is -2.29. The SMILES string of the molecule is COc1ccc2c(c1)CCn1c-2cc(NCc2ccc(Oc3cncc(Cl)c3)cc2)nc1=O. The zero-order valence-corrected chi connectivity index (χ0v) is 18.7. The molecule has 0 saturated heterocycles. The first-order chi connectivity index (χ1) is 16.1. The van der Waals surface area contributed by atoms with Gasteiger partial charge in [-0.05, 0) is 47.9 Å². The van der Waals surface area contributed by atoms with Crippen LogP contribution < -0.4 is 20.5 Å². The minimum absolute atomic E-state index is 0.254. The molecule has 0 aliphatic carbocycles. The van der Waals surface area contributed by atoms with Crippen molar-refractivity contribution < 1.29 is 9.47 Å². The molecule has 0 saturated carbocycles. The Labute approximate surface area is 195 Å². The van der Waals surface area contributed by atoms with Gasteiger partial charge in [0.2, 0.25) is 0 Å². The summed E-state index contributed by atoms with van der Waals surface area (Å²) in [5, 5.41) is 3.78. The van der Waals surface area contributed by atoms with Crippen molar-refractivity contribution in [1.29, 1.82) is 0 Å². The predicted octanol–water partition coefficient (Wildman–Crippen LogP) is 4.93. The van der Waals surface area contributed by atoms with E-state index < -0.39 is 0 Å². The Bertz CT molecular complexity index is 1370. The molecule has 1 N–H and O–H groups in total. The van der Waals surface area contributed by atoms with E-state index in [1.807, 2.05) is 48.5 Å². The zero-order valence-electron chi connectivity index (χ0n) is 17.9. The lowest BCUT2D eigenvalue weighted by molar-refractivity contribution is 0.414. The summed E-state index contributed by atoms with van der Waals surface area (Å²) in [4.78, 5) is 20.9. The van der Waals surface area contributed by atoms with Crippen molar-refractivity contribution in [3.05, 3.63) is 93.6 Å². The number of halogens is 1. The number of rotatable bonds is 6. The molecule has 0 bridgehead atoms. The van der Waals surface area contributed by atoms with Crippen molar-refractivity contribution in [3.8, 4) is 28.5 Å². The van der Waals surface area contributed by atoms with Gasteiger partial charge in [0.1, 0.15) is 23.1 Å². The van der Waals surface area contributed by atoms with Crippen LogP contribution in [-0.4, -0.2) is 21.6 Å². The summed E-state index contributed by atoms with van der Waals surface area (Å²) in [6.07, 6.45) is 3.93. The van der Waals surface area contributed by atoms with Gasteiger partial charge < -0.3 is 14.8 Å². The molecule has 0 radical (unpaired) electrons. The van der Waals surface area contributed by atoms with Gasteiger partial charge in [-0.15, -0.1) is 0 Å². The number of aromatic nitrogens is 3. The second-order valence-electron chi connectivity index (χ2n) is 7.67. The first-order valence-corrected chi connectivity index (χ1v) is 10.9. The Morgan fingerprint density at radius 2 is 1.85 bits per heavy atom. The standard InChI is InChI=1S/C25H21ClN4O3/c1-32-20-6-7-22-17(10-20)8-9-30-23(22)12-24(29-25(30)31)28-13-16-2-4-19(5-3-16)33-21-11-18(26)14-27-15-21/h2-7,10-12,14-15H,8-9,13H2,1H3,(H,28,29,31). The Balaban J connectivity index is 1.31. The molecule has 5 rings (SSSR count). The first-order valence-electron chi connectivity index (χ1n) is 10.5. The van der Waals surface area contributed by atoms with Crippen molar-refractivity contribution in [2.75, 3.05) is 12.4 Å². The van der Waals surface area contributed by atoms with E-state index in [4.69, 9.17) is 21.1 Å². The van der Waals surface area contributed by atoms with E-state index in [-0.39, 0.29) is 5.69 Å². The molecule has 2 aromatic heterocycles. The van der Waals surface area contributed by atoms with Gasteiger partial charge >= 0.3 is 5.69 Å². The number of hydrogen-bond donors (Lipinski definition) is 1. The van der Waals surface area contributed by atoms with Crippen molar-refractivity contribution in [2.24, 2.45) is 0 Å². The average Bonchev–Trinajstić information content (AvgIpc) is 2.83. The summed E-state index contributed by atoms with van der Waals surface area (Å²) < 4.78 is 12.8. The fourth-order valence-corrected chi connectivity index (χ4v) is 4.04. The van der Waals surface area contributed by atoms with Gasteiger partial charge in [0, 0.05) is 37.0 Å². The van der Waals surface area contributed by atoms with E-state index in [9.17, 15) is 4.79 Å². The third kappa shape index (κ3) is 4.54. The van der Waals surface area contributed by atoms with Gasteiger partial charge in [-0.3, -0.25) is 9.55 Å². The maximum atomic E-state index is 12.6. The van der Waals surface area contributed by atoms with Gasteiger partial charge in [0.15, 0.2) is 0 Å². The lowest BCUT2D eigenvalue weighted by Gasteiger charge is -2.22. The predicted molar refractivity (Wildman–Crippen MR) is 127 cm³/mol. The average molecular weight is 461 g/mol. The van der Waals surface area contributed by atoms with Crippen LogP contribution in [0.15, 0.2) is 71.8 Å². The highest BCUT2D eigenvalue weighted by molar-refractivity contribution is 6.30. The van der Waals surface area contributed by atoms with Crippen LogP contribution in [0, 0.1) is 0 Å². The third-order valence-electron chi connectivity index (χ3n) is 5.52. The monoisotopic (exact) mass is 460 g/mol. The smallest absolute Gasteiger partial charge is 0.349 e. The molecule has 0 unspecified atom stereocenters. The van der Waals surface area contributed by atoms with Crippen molar-refractivity contribution >= 4 is 17.4 Å². The molecule has 1 aliphatic rings. The van der Waals surface area contributed by atoms with E-state index in [0.29, 0.717) is 35.4 Å². The molecule has 3 heterocycles. The van der Waals surface area contributed by atoms with E-state index in [2.05, 4.69) is 15.3 Å². The van der Waals surface area contributed by atoms with Gasteiger partial charge in [-0.25, -0.2) is 4.79 Å². The van der Waals surface area contributed by atoms with Crippen LogP contribution in [0.1, 0.15) is 11.1 Å². The summed E-state index contributed by atoms with van der Waals surface area (Å²) in [5.74, 6) is 2.61. The maximum absolute atomic E-state index is 12.6. The number of anilines is 1. The molecular weight excluding hydrogens is 440 g/mol. The topological polar surface area (TPSA) is 78.3 Å². The molecule has 33 heavy (non-hydrogen) atoms. The van der Waals surface area contributed by atoms with Crippen molar-refractivity contribution in [2.45, 2.75) is 19.5 Å². The molecule has 1 aliphatic heterocycles. The number of ether oxygens (including phenoxy) is 2. The number of pyridine rings is 1. The van der Waals surface area contributed by atoms with Crippen LogP contribution in [0.3, 0.4) is 0 Å². The Morgan fingerprint density at radius 1 is 1.03 bits per heavy atom. The third-order valence-corrected chi connectivity index (χ3v) is 5.72. The molecule has 0 amide bonds. The Morgan fingerprint density at radius 3 is 2.64 bits per heavy atom. The first kappa shape index (κ1) is 21.0. The second kappa shape index (κ2) is 8.96. The summed E-state index contributed by atoms with van der Waals surface area (Å²) in [6.45, 7) is 1.12. The number of nitrogens with zero attached hydrogens (tertiary/aromatic N) is 3. The number of hydrogen-bond acceptors (Lipinski definition) is 6. The normalized spacial score (nSPS) is 11.9. The summed E-state index contributed by atoms with van der Waals surface area (Å²) in [5.41, 5.74) is 3.82. The molecule has 8 heteroatoms. The molecule has 2 aromatic carbocycles. The lowest BCUT2D eigenvalue weighted by atomic mass is 9.97. The van der Waals surface area contributed by atoms with Crippen LogP contribution in [-0.2, 0) is 19.5 Å². The van der Waals surface area contributed by atoms with Gasteiger partial charge in [0.25, 0.3) is 0 Å². The molecule has 166 valence electrons. The van der Waals surface area contributed by atoms with E-state index in [1.165, 1.54) is 0 Å². The molecular formula is C25H21ClN4O3. The Hall–Kier alpha value is -3.84. The van der Waals surface area contributed by atoms with Crippen LogP contribution in [0.5, 0.6) is 17.2 Å². The molecule has 4 aromatic rings. The minimum Gasteiger partial charge on any atom is -0.497 e. The number of fused-ring (bicyclic) bond motifs is 3. The quantitative estimate of drug-likeness (QED) is 0.439. The van der Waals surface area contributed by atoms with Gasteiger partial charge in [-0.1, -0.05) is 23.7 Å². The number of benzene rings is 2.